The first kappa shape index (κ1) is 9.80. The Bertz CT molecular complexity index is 117. The highest BCUT2D eigenvalue weighted by molar-refractivity contribution is 8.00. The van der Waals surface area contributed by atoms with Crippen molar-refractivity contribution >= 4 is 11.8 Å². The Morgan fingerprint density at radius 3 is 2.60 bits per heavy atom. The summed E-state index contributed by atoms with van der Waals surface area (Å²) < 4.78 is 0. The molecular formula is C7H14N2S. The average Bonchev–Trinajstić information content (AvgIpc) is 1.87. The molecule has 0 saturated heterocycles. The molecule has 0 amide bonds. The van der Waals surface area contributed by atoms with Crippen LogP contribution >= 0.6 is 11.8 Å². The molecule has 0 aliphatic heterocycles. The number of rotatable bonds is 4. The van der Waals surface area contributed by atoms with Gasteiger partial charge in [0, 0.05) is 6.04 Å². The highest BCUT2D eigenvalue weighted by Crippen LogP contribution is 2.10. The summed E-state index contributed by atoms with van der Waals surface area (Å²) >= 11 is 1.66. The number of nitrogens with zero attached hydrogens (tertiary/aromatic N) is 1. The highest BCUT2D eigenvalue weighted by atomic mass is 32.2. The van der Waals surface area contributed by atoms with Crippen molar-refractivity contribution in [3.63, 3.8) is 0 Å². The third kappa shape index (κ3) is 5.93. The second kappa shape index (κ2) is 5.57. The van der Waals surface area contributed by atoms with E-state index in [4.69, 9.17) is 11.0 Å². The summed E-state index contributed by atoms with van der Waals surface area (Å²) in [7, 11) is 0. The Hall–Kier alpha value is -0.200. The summed E-state index contributed by atoms with van der Waals surface area (Å²) in [6.45, 7) is 3.89. The van der Waals surface area contributed by atoms with Gasteiger partial charge < -0.3 is 5.73 Å². The summed E-state index contributed by atoms with van der Waals surface area (Å²) in [5, 5.41) is 8.51. The van der Waals surface area contributed by atoms with E-state index in [9.17, 15) is 0 Å². The molecule has 58 valence electrons. The van der Waals surface area contributed by atoms with E-state index in [-0.39, 0.29) is 11.3 Å². The molecule has 2 nitrogen and oxygen atoms in total. The molecule has 2 unspecified atom stereocenters. The van der Waals surface area contributed by atoms with Gasteiger partial charge in [-0.25, -0.2) is 0 Å². The van der Waals surface area contributed by atoms with Crippen LogP contribution in [-0.4, -0.2) is 17.0 Å². The van der Waals surface area contributed by atoms with Gasteiger partial charge in [0.05, 0.1) is 11.3 Å². The van der Waals surface area contributed by atoms with Gasteiger partial charge in [-0.15, -0.1) is 11.8 Å². The van der Waals surface area contributed by atoms with Gasteiger partial charge in [0.2, 0.25) is 0 Å². The predicted octanol–water partition coefficient (Wildman–Crippen LogP) is 1.37. The molecular weight excluding hydrogens is 144 g/mol. The van der Waals surface area contributed by atoms with Crippen molar-refractivity contribution in [1.29, 1.82) is 5.26 Å². The average molecular weight is 158 g/mol. The fourth-order valence-corrected chi connectivity index (χ4v) is 1.40. The maximum Gasteiger partial charge on any atom is 0.0888 e. The molecule has 0 saturated carbocycles. The molecule has 0 aromatic carbocycles. The second-order valence-electron chi connectivity index (χ2n) is 2.41. The fourth-order valence-electron chi connectivity index (χ4n) is 0.468. The van der Waals surface area contributed by atoms with Gasteiger partial charge in [0.15, 0.2) is 0 Å². The molecule has 0 heterocycles. The Labute approximate surface area is 66.8 Å². The molecule has 3 heteroatoms. The highest BCUT2D eigenvalue weighted by Gasteiger charge is 1.99. The second-order valence-corrected chi connectivity index (χ2v) is 3.86. The largest absolute Gasteiger partial charge is 0.328 e. The first-order valence-corrected chi connectivity index (χ1v) is 4.48. The van der Waals surface area contributed by atoms with Gasteiger partial charge in [0.1, 0.15) is 0 Å². The van der Waals surface area contributed by atoms with Crippen LogP contribution in [0.15, 0.2) is 0 Å². The Morgan fingerprint density at radius 2 is 2.20 bits per heavy atom. The van der Waals surface area contributed by atoms with Crippen LogP contribution in [0.1, 0.15) is 20.3 Å². The van der Waals surface area contributed by atoms with Crippen molar-refractivity contribution in [3.05, 3.63) is 0 Å². The minimum atomic E-state index is 0.110. The third-order valence-electron chi connectivity index (χ3n) is 1.12. The maximum atomic E-state index is 8.40. The normalized spacial score (nSPS) is 15.8. The zero-order valence-corrected chi connectivity index (χ0v) is 7.32. The fraction of sp³-hybridized carbons (Fsp3) is 0.857. The van der Waals surface area contributed by atoms with Crippen LogP contribution < -0.4 is 5.73 Å². The van der Waals surface area contributed by atoms with E-state index < -0.39 is 0 Å². The zero-order chi connectivity index (χ0) is 7.98. The molecule has 0 aromatic heterocycles. The first-order chi connectivity index (χ1) is 4.66. The van der Waals surface area contributed by atoms with Gasteiger partial charge in [0.25, 0.3) is 0 Å². The third-order valence-corrected chi connectivity index (χ3v) is 2.20. The Balaban J connectivity index is 3.13. The van der Waals surface area contributed by atoms with Crippen molar-refractivity contribution in [3.8, 4) is 6.07 Å². The van der Waals surface area contributed by atoms with Crippen molar-refractivity contribution in [1.82, 2.24) is 0 Å². The Morgan fingerprint density at radius 1 is 1.60 bits per heavy atom. The monoisotopic (exact) mass is 158 g/mol. The van der Waals surface area contributed by atoms with Crippen molar-refractivity contribution in [2.24, 2.45) is 5.73 Å². The zero-order valence-electron chi connectivity index (χ0n) is 6.50. The maximum absolute atomic E-state index is 8.40. The van der Waals surface area contributed by atoms with Crippen LogP contribution in [0.4, 0.5) is 0 Å². The van der Waals surface area contributed by atoms with Crippen molar-refractivity contribution < 1.29 is 0 Å². The molecule has 0 aliphatic rings. The van der Waals surface area contributed by atoms with Crippen LogP contribution in [0, 0.1) is 11.3 Å². The van der Waals surface area contributed by atoms with E-state index in [1.165, 1.54) is 0 Å². The predicted molar refractivity (Wildman–Crippen MR) is 45.8 cm³/mol. The van der Waals surface area contributed by atoms with Crippen LogP contribution in [0.2, 0.25) is 0 Å². The van der Waals surface area contributed by atoms with E-state index in [1.54, 1.807) is 11.8 Å². The van der Waals surface area contributed by atoms with E-state index in [2.05, 4.69) is 6.07 Å². The number of hydrogen-bond acceptors (Lipinski definition) is 3. The molecule has 0 spiro atoms. The molecule has 0 aliphatic carbocycles. The lowest BCUT2D eigenvalue weighted by atomic mass is 10.3. The Kier molecular flexibility index (Phi) is 5.46. The topological polar surface area (TPSA) is 49.8 Å². The molecule has 0 bridgehead atoms. The van der Waals surface area contributed by atoms with E-state index >= 15 is 0 Å². The van der Waals surface area contributed by atoms with Crippen molar-refractivity contribution in [2.45, 2.75) is 31.6 Å². The molecule has 2 atom stereocenters. The lowest BCUT2D eigenvalue weighted by Crippen LogP contribution is -2.15. The van der Waals surface area contributed by atoms with E-state index in [0.717, 1.165) is 12.2 Å². The van der Waals surface area contributed by atoms with Gasteiger partial charge >= 0.3 is 0 Å². The van der Waals surface area contributed by atoms with Crippen LogP contribution in [0.25, 0.3) is 0 Å². The van der Waals surface area contributed by atoms with Crippen LogP contribution in [0.3, 0.4) is 0 Å². The number of hydrogen-bond donors (Lipinski definition) is 1. The number of thioether (sulfide) groups is 1. The standard InChI is InChI=1S/C7H14N2S/c1-6(9)3-4-10-7(2)5-8/h6-7H,3-4,9H2,1-2H3. The lowest BCUT2D eigenvalue weighted by Gasteiger charge is -2.04. The minimum Gasteiger partial charge on any atom is -0.328 e. The van der Waals surface area contributed by atoms with Gasteiger partial charge in [-0.05, 0) is 26.0 Å². The molecule has 0 fully saturated rings. The van der Waals surface area contributed by atoms with Crippen LogP contribution in [-0.2, 0) is 0 Å². The van der Waals surface area contributed by atoms with E-state index in [0.29, 0.717) is 0 Å². The molecule has 0 radical (unpaired) electrons. The summed E-state index contributed by atoms with van der Waals surface area (Å²) in [4.78, 5) is 0. The summed E-state index contributed by atoms with van der Waals surface area (Å²) in [6, 6.07) is 2.42. The first-order valence-electron chi connectivity index (χ1n) is 3.43. The molecule has 10 heavy (non-hydrogen) atoms. The summed E-state index contributed by atoms with van der Waals surface area (Å²) in [5.74, 6) is 0.992. The van der Waals surface area contributed by atoms with Gasteiger partial charge in [-0.3, -0.25) is 0 Å². The lowest BCUT2D eigenvalue weighted by molar-refractivity contribution is 0.721. The molecule has 0 aromatic rings. The smallest absolute Gasteiger partial charge is 0.0888 e. The minimum absolute atomic E-state index is 0.110. The number of nitrogens with two attached hydrogens (primary N) is 1. The quantitative estimate of drug-likeness (QED) is 0.672. The molecule has 2 N–H and O–H groups in total. The van der Waals surface area contributed by atoms with Crippen LogP contribution in [0.5, 0.6) is 0 Å². The van der Waals surface area contributed by atoms with Crippen molar-refractivity contribution in [2.75, 3.05) is 5.75 Å². The van der Waals surface area contributed by atoms with Gasteiger partial charge in [-0.2, -0.15) is 5.26 Å². The van der Waals surface area contributed by atoms with E-state index in [1.807, 2.05) is 13.8 Å². The SMILES string of the molecule is CC(N)CCSC(C)C#N. The molecule has 0 rings (SSSR count). The number of nitriles is 1. The summed E-state index contributed by atoms with van der Waals surface area (Å²) in [6.07, 6.45) is 0.997. The van der Waals surface area contributed by atoms with Gasteiger partial charge in [-0.1, -0.05) is 0 Å². The summed E-state index contributed by atoms with van der Waals surface area (Å²) in [5.41, 5.74) is 5.52.